The quantitative estimate of drug-likeness (QED) is 0.815. The Kier molecular flexibility index (Phi) is 2.23. The van der Waals surface area contributed by atoms with Crippen molar-refractivity contribution in [2.45, 2.75) is 19.9 Å². The number of carboxylic acid groups (broad SMARTS) is 1. The Balaban J connectivity index is 2.59. The van der Waals surface area contributed by atoms with E-state index in [2.05, 4.69) is 6.07 Å². The number of aromatic nitrogens is 1. The number of benzene rings is 1. The molecule has 1 atom stereocenters. The highest BCUT2D eigenvalue weighted by Crippen LogP contribution is 2.21. The first-order valence-corrected chi connectivity index (χ1v) is 4.89. The molecule has 3 nitrogen and oxygen atoms in total. The van der Waals surface area contributed by atoms with Gasteiger partial charge in [-0.3, -0.25) is 0 Å². The van der Waals surface area contributed by atoms with Crippen molar-refractivity contribution in [1.29, 1.82) is 0 Å². The van der Waals surface area contributed by atoms with Crippen molar-refractivity contribution in [3.05, 3.63) is 36.0 Å². The van der Waals surface area contributed by atoms with Gasteiger partial charge in [0.1, 0.15) is 6.04 Å². The summed E-state index contributed by atoms with van der Waals surface area (Å²) < 4.78 is 1.77. The molecule has 1 aromatic heterocycles. The second kappa shape index (κ2) is 3.42. The average molecular weight is 203 g/mol. The van der Waals surface area contributed by atoms with E-state index in [4.69, 9.17) is 5.11 Å². The molecule has 15 heavy (non-hydrogen) atoms. The first-order chi connectivity index (χ1) is 7.09. The highest BCUT2D eigenvalue weighted by molar-refractivity contribution is 5.83. The van der Waals surface area contributed by atoms with E-state index in [0.29, 0.717) is 0 Å². The molecule has 0 spiro atoms. The molecule has 0 radical (unpaired) electrons. The first-order valence-electron chi connectivity index (χ1n) is 4.89. The molecule has 78 valence electrons. The second-order valence-corrected chi connectivity index (χ2v) is 3.80. The minimum absolute atomic E-state index is 0.523. The van der Waals surface area contributed by atoms with Gasteiger partial charge in [0.05, 0.1) is 0 Å². The van der Waals surface area contributed by atoms with Gasteiger partial charge in [0, 0.05) is 11.7 Å². The van der Waals surface area contributed by atoms with E-state index in [1.54, 1.807) is 11.5 Å². The van der Waals surface area contributed by atoms with Crippen LogP contribution in [0, 0.1) is 6.92 Å². The number of carbonyl (C=O) groups is 1. The van der Waals surface area contributed by atoms with Gasteiger partial charge in [-0.1, -0.05) is 11.6 Å². The van der Waals surface area contributed by atoms with E-state index in [9.17, 15) is 4.79 Å². The number of fused-ring (bicyclic) bond motifs is 1. The van der Waals surface area contributed by atoms with E-state index in [-0.39, 0.29) is 0 Å². The van der Waals surface area contributed by atoms with Crippen molar-refractivity contribution in [2.75, 3.05) is 0 Å². The van der Waals surface area contributed by atoms with Gasteiger partial charge in [-0.2, -0.15) is 0 Å². The normalized spacial score (nSPS) is 12.9. The Morgan fingerprint density at radius 3 is 2.80 bits per heavy atom. The third kappa shape index (κ3) is 1.61. The van der Waals surface area contributed by atoms with Crippen molar-refractivity contribution < 1.29 is 9.90 Å². The van der Waals surface area contributed by atoms with Crippen molar-refractivity contribution >= 4 is 16.9 Å². The Hall–Kier alpha value is -1.77. The van der Waals surface area contributed by atoms with Crippen LogP contribution in [0.5, 0.6) is 0 Å². The van der Waals surface area contributed by atoms with Crippen molar-refractivity contribution in [3.63, 3.8) is 0 Å². The summed E-state index contributed by atoms with van der Waals surface area (Å²) in [5.74, 6) is -0.812. The van der Waals surface area contributed by atoms with E-state index >= 15 is 0 Å². The minimum Gasteiger partial charge on any atom is -0.480 e. The smallest absolute Gasteiger partial charge is 0.326 e. The van der Waals surface area contributed by atoms with Crippen LogP contribution in [0.25, 0.3) is 10.9 Å². The molecule has 0 aliphatic rings. The molecule has 0 saturated carbocycles. The summed E-state index contributed by atoms with van der Waals surface area (Å²) in [6.07, 6.45) is 1.82. The Morgan fingerprint density at radius 2 is 2.13 bits per heavy atom. The van der Waals surface area contributed by atoms with E-state index in [1.807, 2.05) is 31.3 Å². The molecule has 0 fully saturated rings. The van der Waals surface area contributed by atoms with E-state index in [0.717, 1.165) is 10.9 Å². The predicted octanol–water partition coefficient (Wildman–Crippen LogP) is 2.60. The molecular formula is C12H13NO2. The molecular weight excluding hydrogens is 190 g/mol. The lowest BCUT2D eigenvalue weighted by atomic mass is 10.2. The molecule has 0 aliphatic heterocycles. The van der Waals surface area contributed by atoms with Gasteiger partial charge < -0.3 is 9.67 Å². The summed E-state index contributed by atoms with van der Waals surface area (Å²) in [5.41, 5.74) is 2.15. The maximum absolute atomic E-state index is 10.9. The zero-order valence-corrected chi connectivity index (χ0v) is 8.77. The number of aliphatic carboxylic acids is 1. The third-order valence-electron chi connectivity index (χ3n) is 2.65. The van der Waals surface area contributed by atoms with E-state index < -0.39 is 12.0 Å². The lowest BCUT2D eigenvalue weighted by Gasteiger charge is -2.10. The maximum atomic E-state index is 10.9. The van der Waals surface area contributed by atoms with Crippen LogP contribution < -0.4 is 0 Å². The van der Waals surface area contributed by atoms with Gasteiger partial charge in [-0.25, -0.2) is 4.79 Å². The first kappa shape index (κ1) is 9.77. The monoisotopic (exact) mass is 203 g/mol. The largest absolute Gasteiger partial charge is 0.480 e. The fourth-order valence-electron chi connectivity index (χ4n) is 1.74. The van der Waals surface area contributed by atoms with Crippen LogP contribution >= 0.6 is 0 Å². The van der Waals surface area contributed by atoms with Gasteiger partial charge >= 0.3 is 5.97 Å². The number of hydrogen-bond acceptors (Lipinski definition) is 1. The number of nitrogens with zero attached hydrogens (tertiary/aromatic N) is 1. The summed E-state index contributed by atoms with van der Waals surface area (Å²) in [5, 5.41) is 10.0. The summed E-state index contributed by atoms with van der Waals surface area (Å²) in [6.45, 7) is 3.71. The molecule has 1 heterocycles. The summed E-state index contributed by atoms with van der Waals surface area (Å²) in [4.78, 5) is 10.9. The van der Waals surface area contributed by atoms with E-state index in [1.165, 1.54) is 5.56 Å². The molecule has 3 heteroatoms. The molecule has 0 unspecified atom stereocenters. The topological polar surface area (TPSA) is 42.2 Å². The average Bonchev–Trinajstić information content (AvgIpc) is 2.59. The lowest BCUT2D eigenvalue weighted by molar-refractivity contribution is -0.140. The van der Waals surface area contributed by atoms with Crippen LogP contribution in [0.3, 0.4) is 0 Å². The van der Waals surface area contributed by atoms with Gasteiger partial charge in [0.25, 0.3) is 0 Å². The van der Waals surface area contributed by atoms with Gasteiger partial charge in [0.15, 0.2) is 0 Å². The van der Waals surface area contributed by atoms with Crippen LogP contribution in [0.1, 0.15) is 18.5 Å². The molecule has 1 aromatic carbocycles. The Labute approximate surface area is 87.9 Å². The summed E-state index contributed by atoms with van der Waals surface area (Å²) >= 11 is 0. The van der Waals surface area contributed by atoms with Gasteiger partial charge in [-0.05, 0) is 37.4 Å². The Morgan fingerprint density at radius 1 is 1.40 bits per heavy atom. The number of hydrogen-bond donors (Lipinski definition) is 1. The number of aryl methyl sites for hydroxylation is 1. The molecule has 2 rings (SSSR count). The fraction of sp³-hybridized carbons (Fsp3) is 0.250. The molecule has 0 aliphatic carbocycles. The van der Waals surface area contributed by atoms with Crippen LogP contribution in [0.2, 0.25) is 0 Å². The SMILES string of the molecule is Cc1ccc2c(ccn2[C@@H](C)C(=O)O)c1. The summed E-state index contributed by atoms with van der Waals surface area (Å²) in [6, 6.07) is 7.44. The van der Waals surface area contributed by atoms with Crippen LogP contribution in [-0.4, -0.2) is 15.6 Å². The predicted molar refractivity (Wildman–Crippen MR) is 59.0 cm³/mol. The zero-order chi connectivity index (χ0) is 11.0. The standard InChI is InChI=1S/C12H13NO2/c1-8-3-4-11-10(7-8)5-6-13(11)9(2)12(14)15/h3-7,9H,1-2H3,(H,14,15)/t9-/m0/s1. The molecule has 0 bridgehead atoms. The third-order valence-corrected chi connectivity index (χ3v) is 2.65. The highest BCUT2D eigenvalue weighted by Gasteiger charge is 2.14. The second-order valence-electron chi connectivity index (χ2n) is 3.80. The van der Waals surface area contributed by atoms with Crippen LogP contribution in [0.15, 0.2) is 30.5 Å². The van der Waals surface area contributed by atoms with Gasteiger partial charge in [-0.15, -0.1) is 0 Å². The Bertz CT molecular complexity index is 513. The number of rotatable bonds is 2. The minimum atomic E-state index is -0.812. The van der Waals surface area contributed by atoms with Crippen molar-refractivity contribution in [1.82, 2.24) is 4.57 Å². The summed E-state index contributed by atoms with van der Waals surface area (Å²) in [7, 11) is 0. The van der Waals surface area contributed by atoms with Crippen molar-refractivity contribution in [3.8, 4) is 0 Å². The van der Waals surface area contributed by atoms with Crippen LogP contribution in [0.4, 0.5) is 0 Å². The van der Waals surface area contributed by atoms with Crippen LogP contribution in [-0.2, 0) is 4.79 Å². The van der Waals surface area contributed by atoms with Gasteiger partial charge in [0.2, 0.25) is 0 Å². The molecule has 0 amide bonds. The van der Waals surface area contributed by atoms with Crippen molar-refractivity contribution in [2.24, 2.45) is 0 Å². The lowest BCUT2D eigenvalue weighted by Crippen LogP contribution is -2.14. The fourth-order valence-corrected chi connectivity index (χ4v) is 1.74. The molecule has 2 aromatic rings. The zero-order valence-electron chi connectivity index (χ0n) is 8.77. The molecule has 0 saturated heterocycles. The highest BCUT2D eigenvalue weighted by atomic mass is 16.4. The maximum Gasteiger partial charge on any atom is 0.326 e. The number of carboxylic acids is 1. The molecule has 1 N–H and O–H groups in total.